The van der Waals surface area contributed by atoms with Crippen LogP contribution in [0.2, 0.25) is 5.02 Å². The number of nitro benzene ring substituents is 1. The molecule has 0 heterocycles. The number of hydrogen-bond donors (Lipinski definition) is 0. The maximum atomic E-state index is 12.7. The fourth-order valence-corrected chi connectivity index (χ4v) is 3.31. The molecule has 0 aliphatic rings. The van der Waals surface area contributed by atoms with Gasteiger partial charge in [-0.25, -0.2) is 0 Å². The Hall–Kier alpha value is -1.61. The largest absolute Gasteiger partial charge is 0.456 e. The summed E-state index contributed by atoms with van der Waals surface area (Å²) in [5.74, 6) is 0.333. The van der Waals surface area contributed by atoms with Gasteiger partial charge in [0.25, 0.3) is 5.69 Å². The third kappa shape index (κ3) is 5.93. The van der Waals surface area contributed by atoms with Crippen LogP contribution in [0.4, 0.5) is 18.9 Å². The van der Waals surface area contributed by atoms with E-state index in [1.807, 2.05) is 0 Å². The molecule has 0 saturated heterocycles. The summed E-state index contributed by atoms with van der Waals surface area (Å²) in [5, 5.41) is 11.2. The van der Waals surface area contributed by atoms with E-state index in [4.69, 9.17) is 39.5 Å². The first-order valence-electron chi connectivity index (χ1n) is 7.02. The van der Waals surface area contributed by atoms with Crippen LogP contribution in [-0.2, 0) is 6.18 Å². The minimum Gasteiger partial charge on any atom is -0.456 e. The third-order valence-electron chi connectivity index (χ3n) is 3.10. The summed E-state index contributed by atoms with van der Waals surface area (Å²) in [4.78, 5) is 10.8. The Morgan fingerprint density at radius 2 is 1.96 bits per heavy atom. The van der Waals surface area contributed by atoms with E-state index in [0.29, 0.717) is 0 Å². The summed E-state index contributed by atoms with van der Waals surface area (Å²) in [7, 11) is 0. The van der Waals surface area contributed by atoms with Gasteiger partial charge < -0.3 is 4.74 Å². The highest BCUT2D eigenvalue weighted by Gasteiger charge is 2.31. The molecule has 0 amide bonds. The molecule has 0 fully saturated rings. The highest BCUT2D eigenvalue weighted by molar-refractivity contribution is 7.99. The molecule has 0 aliphatic heterocycles. The average Bonchev–Trinajstić information content (AvgIpc) is 2.60. The molecular formula is C16H9Cl3F3NO3S. The molecule has 0 bridgehead atoms. The number of rotatable bonds is 6. The summed E-state index contributed by atoms with van der Waals surface area (Å²) in [5.41, 5.74) is 0.0510. The molecule has 27 heavy (non-hydrogen) atoms. The van der Waals surface area contributed by atoms with E-state index in [-0.39, 0.29) is 37.9 Å². The highest BCUT2D eigenvalue weighted by atomic mass is 35.5. The summed E-state index contributed by atoms with van der Waals surface area (Å²) in [6.45, 7) is 0. The number of benzene rings is 2. The van der Waals surface area contributed by atoms with Gasteiger partial charge in [0.2, 0.25) is 0 Å². The second-order valence-electron chi connectivity index (χ2n) is 4.98. The molecule has 2 aromatic rings. The molecule has 2 rings (SSSR count). The van der Waals surface area contributed by atoms with Crippen LogP contribution in [0.1, 0.15) is 5.56 Å². The van der Waals surface area contributed by atoms with E-state index in [1.54, 1.807) is 0 Å². The van der Waals surface area contributed by atoms with E-state index in [9.17, 15) is 23.3 Å². The van der Waals surface area contributed by atoms with E-state index < -0.39 is 16.7 Å². The van der Waals surface area contributed by atoms with Gasteiger partial charge in [-0.1, -0.05) is 34.8 Å². The average molecular weight is 459 g/mol. The number of ether oxygens (including phenoxy) is 1. The summed E-state index contributed by atoms with van der Waals surface area (Å²) < 4.78 is 43.5. The maximum absolute atomic E-state index is 12.7. The first kappa shape index (κ1) is 21.7. The molecule has 0 saturated carbocycles. The molecule has 0 N–H and O–H groups in total. The Bertz CT molecular complexity index is 891. The molecule has 0 unspecified atom stereocenters. The van der Waals surface area contributed by atoms with Gasteiger partial charge in [-0.3, -0.25) is 10.1 Å². The van der Waals surface area contributed by atoms with Crippen molar-refractivity contribution in [2.45, 2.75) is 11.1 Å². The normalized spacial score (nSPS) is 12.1. The van der Waals surface area contributed by atoms with E-state index in [1.165, 1.54) is 18.2 Å². The Morgan fingerprint density at radius 3 is 2.52 bits per heavy atom. The van der Waals surface area contributed by atoms with Crippen LogP contribution in [0.3, 0.4) is 0 Å². The quantitative estimate of drug-likeness (QED) is 0.256. The molecule has 0 aliphatic carbocycles. The lowest BCUT2D eigenvalue weighted by atomic mass is 10.2. The van der Waals surface area contributed by atoms with Crippen molar-refractivity contribution in [1.29, 1.82) is 0 Å². The van der Waals surface area contributed by atoms with Crippen molar-refractivity contribution in [3.63, 3.8) is 0 Å². The minimum atomic E-state index is -4.53. The molecule has 0 spiro atoms. The van der Waals surface area contributed by atoms with E-state index in [0.717, 1.165) is 35.5 Å². The van der Waals surface area contributed by atoms with Crippen molar-refractivity contribution in [2.24, 2.45) is 0 Å². The van der Waals surface area contributed by atoms with Crippen molar-refractivity contribution < 1.29 is 22.8 Å². The van der Waals surface area contributed by atoms with Gasteiger partial charge in [0.1, 0.15) is 11.5 Å². The Balaban J connectivity index is 2.30. The molecule has 0 atom stereocenters. The number of hydrogen-bond acceptors (Lipinski definition) is 4. The molecule has 0 aromatic heterocycles. The lowest BCUT2D eigenvalue weighted by Gasteiger charge is -2.12. The summed E-state index contributed by atoms with van der Waals surface area (Å²) in [6.07, 6.45) is -4.53. The number of alkyl halides is 3. The zero-order valence-electron chi connectivity index (χ0n) is 13.1. The van der Waals surface area contributed by atoms with Crippen molar-refractivity contribution in [3.05, 3.63) is 67.7 Å². The van der Waals surface area contributed by atoms with Crippen molar-refractivity contribution in [3.8, 4) is 11.5 Å². The van der Waals surface area contributed by atoms with Gasteiger partial charge in [0.05, 0.1) is 20.4 Å². The number of nitrogens with zero attached hydrogens (tertiary/aromatic N) is 1. The van der Waals surface area contributed by atoms with Crippen molar-refractivity contribution >= 4 is 52.3 Å². The number of nitro groups is 1. The van der Waals surface area contributed by atoms with Gasteiger partial charge in [-0.2, -0.15) is 13.2 Å². The van der Waals surface area contributed by atoms with E-state index >= 15 is 0 Å². The Labute approximate surface area is 171 Å². The summed E-state index contributed by atoms with van der Waals surface area (Å²) >= 11 is 18.2. The first-order chi connectivity index (χ1) is 12.6. The van der Waals surface area contributed by atoms with Crippen LogP contribution in [0, 0.1) is 10.1 Å². The molecule has 2 aromatic carbocycles. The highest BCUT2D eigenvalue weighted by Crippen LogP contribution is 2.39. The first-order valence-corrected chi connectivity index (χ1v) is 9.20. The zero-order valence-corrected chi connectivity index (χ0v) is 16.2. The second-order valence-corrected chi connectivity index (χ2v) is 7.10. The van der Waals surface area contributed by atoms with E-state index in [2.05, 4.69) is 0 Å². The maximum Gasteiger partial charge on any atom is 0.416 e. The Morgan fingerprint density at radius 1 is 1.26 bits per heavy atom. The predicted molar refractivity (Wildman–Crippen MR) is 100 cm³/mol. The number of halogens is 6. The smallest absolute Gasteiger partial charge is 0.416 e. The third-order valence-corrected chi connectivity index (χ3v) is 5.26. The standard InChI is InChI=1S/C16H9Cl3F3NO3S/c17-7-10(18)8-27-15-6-11(2-3-13(15)23(24)25)26-14-4-1-9(5-12(14)19)16(20,21)22/h1-7H,8H2/b10-7-. The van der Waals surface area contributed by atoms with Crippen LogP contribution in [0.15, 0.2) is 51.9 Å². The van der Waals surface area contributed by atoms with Gasteiger partial charge in [-0.05, 0) is 24.3 Å². The van der Waals surface area contributed by atoms with Gasteiger partial charge in [0, 0.05) is 28.5 Å². The van der Waals surface area contributed by atoms with Crippen LogP contribution >= 0.6 is 46.6 Å². The predicted octanol–water partition coefficient (Wildman–Crippen LogP) is 7.47. The lowest BCUT2D eigenvalue weighted by Crippen LogP contribution is -2.04. The topological polar surface area (TPSA) is 52.4 Å². The Kier molecular flexibility index (Phi) is 7.27. The van der Waals surface area contributed by atoms with Crippen LogP contribution < -0.4 is 4.74 Å². The SMILES string of the molecule is O=[N+]([O-])c1ccc(Oc2ccc(C(F)(F)F)cc2Cl)cc1SC/C(Cl)=C/Cl. The summed E-state index contributed by atoms with van der Waals surface area (Å²) in [6, 6.07) is 6.54. The molecule has 144 valence electrons. The van der Waals surface area contributed by atoms with Crippen LogP contribution in [0.25, 0.3) is 0 Å². The second kappa shape index (κ2) is 9.05. The van der Waals surface area contributed by atoms with Crippen LogP contribution in [-0.4, -0.2) is 10.7 Å². The molecule has 0 radical (unpaired) electrons. The monoisotopic (exact) mass is 457 g/mol. The van der Waals surface area contributed by atoms with Crippen molar-refractivity contribution in [1.82, 2.24) is 0 Å². The van der Waals surface area contributed by atoms with Gasteiger partial charge in [-0.15, -0.1) is 11.8 Å². The zero-order chi connectivity index (χ0) is 20.2. The molecular weight excluding hydrogens is 450 g/mol. The van der Waals surface area contributed by atoms with Gasteiger partial charge in [0.15, 0.2) is 0 Å². The minimum absolute atomic E-state index is 0.0202. The van der Waals surface area contributed by atoms with Gasteiger partial charge >= 0.3 is 6.18 Å². The molecule has 4 nitrogen and oxygen atoms in total. The fraction of sp³-hybridized carbons (Fsp3) is 0.125. The van der Waals surface area contributed by atoms with Crippen molar-refractivity contribution in [2.75, 3.05) is 5.75 Å². The number of thioether (sulfide) groups is 1. The van der Waals surface area contributed by atoms with Crippen LogP contribution in [0.5, 0.6) is 11.5 Å². The molecule has 11 heteroatoms. The lowest BCUT2D eigenvalue weighted by molar-refractivity contribution is -0.387. The fourth-order valence-electron chi connectivity index (χ4n) is 1.89.